The maximum absolute atomic E-state index is 6.50. The Morgan fingerprint density at radius 2 is 2.11 bits per heavy atom. The van der Waals surface area contributed by atoms with Crippen LogP contribution < -0.4 is 20.5 Å². The third kappa shape index (κ3) is 3.04. The smallest absolute Gasteiger partial charge is 0.212 e. The monoisotopic (exact) mass is 385 g/mol. The van der Waals surface area contributed by atoms with Crippen molar-refractivity contribution in [1.82, 2.24) is 9.55 Å². The predicted molar refractivity (Wildman–Crippen MR) is 107 cm³/mol. The number of hydrogen-bond donors (Lipinski definition) is 2. The van der Waals surface area contributed by atoms with Gasteiger partial charge in [0.2, 0.25) is 5.95 Å². The molecule has 0 spiro atoms. The van der Waals surface area contributed by atoms with Crippen LogP contribution in [0.5, 0.6) is 11.5 Å². The topological polar surface area (TPSA) is 86.7 Å². The number of nitrogens with zero attached hydrogens (tertiary/aromatic N) is 3. The normalized spacial score (nSPS) is 15.8. The summed E-state index contributed by atoms with van der Waals surface area (Å²) in [6.45, 7) is 2.59. The van der Waals surface area contributed by atoms with Crippen molar-refractivity contribution in [2.24, 2.45) is 10.7 Å². The van der Waals surface area contributed by atoms with Crippen LogP contribution in [0.3, 0.4) is 0 Å². The van der Waals surface area contributed by atoms with Gasteiger partial charge in [0.25, 0.3) is 0 Å². The van der Waals surface area contributed by atoms with Crippen molar-refractivity contribution in [3.05, 3.63) is 47.0 Å². The van der Waals surface area contributed by atoms with Gasteiger partial charge < -0.3 is 15.2 Å². The molecule has 1 aliphatic heterocycles. The average Bonchev–Trinajstić information content (AvgIpc) is 3.03. The summed E-state index contributed by atoms with van der Waals surface area (Å²) in [5, 5.41) is 3.49. The molecular weight excluding hydrogens is 366 g/mol. The van der Waals surface area contributed by atoms with Crippen LogP contribution in [0.15, 0.2) is 41.4 Å². The van der Waals surface area contributed by atoms with Crippen molar-refractivity contribution in [1.29, 1.82) is 0 Å². The molecule has 2 aromatic carbocycles. The molecule has 0 amide bonds. The number of rotatable bonds is 5. The summed E-state index contributed by atoms with van der Waals surface area (Å²) in [4.78, 5) is 9.18. The number of nitrogens with two attached hydrogens (primary N) is 1. The molecule has 140 valence electrons. The first-order valence-corrected chi connectivity index (χ1v) is 9.07. The molecule has 8 heteroatoms. The van der Waals surface area contributed by atoms with Gasteiger partial charge in [0, 0.05) is 5.56 Å². The second-order valence-electron chi connectivity index (χ2n) is 6.19. The zero-order valence-corrected chi connectivity index (χ0v) is 15.8. The van der Waals surface area contributed by atoms with E-state index in [4.69, 9.17) is 26.8 Å². The standard InChI is InChI=1S/C19H20ClN5O2/c1-3-8-27-16-12(20)9-11(10-15(16)26-2)17-23-18(21)24-19-22-13-6-4-5-7-14(13)25(17)19/h4-7,9-10,17H,3,8H2,1-2H3,(H3,21,22,23,24). The molecule has 0 saturated carbocycles. The minimum atomic E-state index is -0.416. The van der Waals surface area contributed by atoms with Gasteiger partial charge in [0.1, 0.15) is 0 Å². The highest BCUT2D eigenvalue weighted by atomic mass is 35.5. The number of para-hydroxylation sites is 2. The van der Waals surface area contributed by atoms with Crippen molar-refractivity contribution in [2.75, 3.05) is 19.0 Å². The molecular formula is C19H20ClN5O2. The Bertz CT molecular complexity index is 1030. The maximum atomic E-state index is 6.50. The van der Waals surface area contributed by atoms with Gasteiger partial charge in [0.05, 0.1) is 29.8 Å². The maximum Gasteiger partial charge on any atom is 0.212 e. The van der Waals surface area contributed by atoms with E-state index in [-0.39, 0.29) is 0 Å². The lowest BCUT2D eigenvalue weighted by atomic mass is 10.1. The molecule has 1 unspecified atom stereocenters. The lowest BCUT2D eigenvalue weighted by Gasteiger charge is -2.25. The van der Waals surface area contributed by atoms with E-state index >= 15 is 0 Å². The second kappa shape index (κ2) is 7.00. The van der Waals surface area contributed by atoms with Crippen LogP contribution in [-0.2, 0) is 0 Å². The molecule has 1 atom stereocenters. The van der Waals surface area contributed by atoms with E-state index in [0.717, 1.165) is 23.0 Å². The molecule has 4 rings (SSSR count). The van der Waals surface area contributed by atoms with Crippen LogP contribution in [0.1, 0.15) is 25.1 Å². The van der Waals surface area contributed by atoms with Crippen molar-refractivity contribution in [3.8, 4) is 11.5 Å². The fourth-order valence-corrected chi connectivity index (χ4v) is 3.45. The van der Waals surface area contributed by atoms with Crippen LogP contribution in [0.2, 0.25) is 5.02 Å². The van der Waals surface area contributed by atoms with Gasteiger partial charge >= 0.3 is 0 Å². The SMILES string of the molecule is CCCOc1c(Cl)cc(C2N=C(N)Nc3nc4ccccc4n32)cc1OC. The van der Waals surface area contributed by atoms with Gasteiger partial charge in [0.15, 0.2) is 23.6 Å². The van der Waals surface area contributed by atoms with E-state index in [1.54, 1.807) is 7.11 Å². The Kier molecular flexibility index (Phi) is 4.53. The highest BCUT2D eigenvalue weighted by molar-refractivity contribution is 6.32. The quantitative estimate of drug-likeness (QED) is 0.698. The third-order valence-electron chi connectivity index (χ3n) is 4.34. The molecule has 7 nitrogen and oxygen atoms in total. The Balaban J connectivity index is 1.86. The first kappa shape index (κ1) is 17.5. The minimum absolute atomic E-state index is 0.296. The van der Waals surface area contributed by atoms with E-state index in [9.17, 15) is 0 Å². The number of anilines is 1. The lowest BCUT2D eigenvalue weighted by molar-refractivity contribution is 0.294. The van der Waals surface area contributed by atoms with Crippen molar-refractivity contribution in [2.45, 2.75) is 19.5 Å². The Morgan fingerprint density at radius 1 is 1.30 bits per heavy atom. The molecule has 0 saturated heterocycles. The molecule has 0 bridgehead atoms. The van der Waals surface area contributed by atoms with Gasteiger partial charge in [-0.05, 0) is 30.7 Å². The molecule has 2 heterocycles. The Labute approximate surface area is 161 Å². The van der Waals surface area contributed by atoms with Gasteiger partial charge in [-0.25, -0.2) is 9.98 Å². The van der Waals surface area contributed by atoms with Crippen LogP contribution in [-0.4, -0.2) is 29.2 Å². The lowest BCUT2D eigenvalue weighted by Crippen LogP contribution is -2.31. The number of guanidine groups is 1. The van der Waals surface area contributed by atoms with E-state index in [0.29, 0.717) is 35.0 Å². The number of ether oxygens (including phenoxy) is 2. The van der Waals surface area contributed by atoms with Gasteiger partial charge in [-0.1, -0.05) is 30.7 Å². The fourth-order valence-electron chi connectivity index (χ4n) is 3.17. The average molecular weight is 386 g/mol. The number of methoxy groups -OCH3 is 1. The van der Waals surface area contributed by atoms with Crippen LogP contribution >= 0.6 is 11.6 Å². The number of fused-ring (bicyclic) bond motifs is 3. The van der Waals surface area contributed by atoms with E-state index in [1.807, 2.05) is 47.9 Å². The summed E-state index contributed by atoms with van der Waals surface area (Å²) in [5.41, 5.74) is 8.63. The van der Waals surface area contributed by atoms with Crippen LogP contribution in [0.25, 0.3) is 11.0 Å². The van der Waals surface area contributed by atoms with Crippen LogP contribution in [0.4, 0.5) is 5.95 Å². The third-order valence-corrected chi connectivity index (χ3v) is 4.62. The highest BCUT2D eigenvalue weighted by Gasteiger charge is 2.27. The summed E-state index contributed by atoms with van der Waals surface area (Å²) in [6, 6.07) is 11.6. The number of halogens is 1. The summed E-state index contributed by atoms with van der Waals surface area (Å²) in [7, 11) is 1.59. The first-order valence-electron chi connectivity index (χ1n) is 8.70. The molecule has 3 aromatic rings. The minimum Gasteiger partial charge on any atom is -0.493 e. The molecule has 1 aliphatic rings. The van der Waals surface area contributed by atoms with E-state index in [2.05, 4.69) is 15.3 Å². The first-order chi connectivity index (χ1) is 13.1. The summed E-state index contributed by atoms with van der Waals surface area (Å²) in [6.07, 6.45) is 0.459. The van der Waals surface area contributed by atoms with Crippen molar-refractivity contribution >= 4 is 34.5 Å². The van der Waals surface area contributed by atoms with Gasteiger partial charge in [-0.2, -0.15) is 0 Å². The molecule has 1 aromatic heterocycles. The molecule has 27 heavy (non-hydrogen) atoms. The van der Waals surface area contributed by atoms with Crippen molar-refractivity contribution < 1.29 is 9.47 Å². The number of benzene rings is 2. The Morgan fingerprint density at radius 3 is 2.89 bits per heavy atom. The largest absolute Gasteiger partial charge is 0.493 e. The van der Waals surface area contributed by atoms with E-state index in [1.165, 1.54) is 0 Å². The summed E-state index contributed by atoms with van der Waals surface area (Å²) >= 11 is 6.50. The number of nitrogens with one attached hydrogen (secondary N) is 1. The number of aromatic nitrogens is 2. The molecule has 0 aliphatic carbocycles. The van der Waals surface area contributed by atoms with Gasteiger partial charge in [-0.3, -0.25) is 9.88 Å². The number of aliphatic imine (C=N–C) groups is 1. The Hall–Kier alpha value is -2.93. The molecule has 3 N–H and O–H groups in total. The highest BCUT2D eigenvalue weighted by Crippen LogP contribution is 2.41. The van der Waals surface area contributed by atoms with Gasteiger partial charge in [-0.15, -0.1) is 0 Å². The fraction of sp³-hybridized carbons (Fsp3) is 0.263. The number of imidazole rings is 1. The second-order valence-corrected chi connectivity index (χ2v) is 6.60. The summed E-state index contributed by atoms with van der Waals surface area (Å²) in [5.74, 6) is 2.02. The van der Waals surface area contributed by atoms with Crippen LogP contribution in [0, 0.1) is 0 Å². The zero-order chi connectivity index (χ0) is 19.0. The molecule has 0 radical (unpaired) electrons. The number of hydrogen-bond acceptors (Lipinski definition) is 6. The molecule has 0 fully saturated rings. The van der Waals surface area contributed by atoms with E-state index < -0.39 is 6.17 Å². The van der Waals surface area contributed by atoms with Crippen molar-refractivity contribution in [3.63, 3.8) is 0 Å². The zero-order valence-electron chi connectivity index (χ0n) is 15.1. The summed E-state index contributed by atoms with van der Waals surface area (Å²) < 4.78 is 13.2. The predicted octanol–water partition coefficient (Wildman–Crippen LogP) is 3.77.